The van der Waals surface area contributed by atoms with Gasteiger partial charge in [-0.1, -0.05) is 54.1 Å². The van der Waals surface area contributed by atoms with Gasteiger partial charge >= 0.3 is 0 Å². The first-order valence-electron chi connectivity index (χ1n) is 11.3. The Balaban J connectivity index is 1.52. The lowest BCUT2D eigenvalue weighted by Gasteiger charge is -2.25. The first kappa shape index (κ1) is 25.8. The Kier molecular flexibility index (Phi) is 7.83. The molecule has 37 heavy (non-hydrogen) atoms. The number of benzene rings is 4. The van der Waals surface area contributed by atoms with Crippen LogP contribution >= 0.6 is 0 Å². The van der Waals surface area contributed by atoms with Crippen molar-refractivity contribution in [1.82, 2.24) is 0 Å². The molecule has 4 aromatic carbocycles. The number of hydrogen-bond donors (Lipinski definition) is 1. The predicted octanol–water partition coefficient (Wildman–Crippen LogP) is 5.69. The molecular weight excluding hydrogens is 498 g/mol. The Morgan fingerprint density at radius 1 is 0.838 bits per heavy atom. The summed E-state index contributed by atoms with van der Waals surface area (Å²) in [7, 11) is -3.89. The van der Waals surface area contributed by atoms with Gasteiger partial charge in [-0.25, -0.2) is 17.2 Å². The molecule has 0 bridgehead atoms. The summed E-state index contributed by atoms with van der Waals surface area (Å²) in [5.41, 5.74) is 1.59. The number of sulfonamides is 1. The summed E-state index contributed by atoms with van der Waals surface area (Å²) in [4.78, 5) is 12.3. The number of para-hydroxylation sites is 1. The van der Waals surface area contributed by atoms with Crippen molar-refractivity contribution in [3.05, 3.63) is 120 Å². The van der Waals surface area contributed by atoms with E-state index >= 15 is 0 Å². The van der Waals surface area contributed by atoms with Crippen molar-refractivity contribution in [2.75, 3.05) is 16.2 Å². The van der Waals surface area contributed by atoms with Gasteiger partial charge in [0.1, 0.15) is 23.1 Å². The second-order valence-corrected chi connectivity index (χ2v) is 10.1. The molecule has 0 radical (unpaired) electrons. The van der Waals surface area contributed by atoms with Crippen LogP contribution in [-0.2, 0) is 21.4 Å². The van der Waals surface area contributed by atoms with Gasteiger partial charge in [-0.15, -0.1) is 0 Å². The molecule has 6 nitrogen and oxygen atoms in total. The van der Waals surface area contributed by atoms with Crippen LogP contribution in [0.1, 0.15) is 11.1 Å². The summed E-state index contributed by atoms with van der Waals surface area (Å²) in [6, 6.07) is 25.2. The summed E-state index contributed by atoms with van der Waals surface area (Å²) in [6.07, 6.45) is 0. The molecule has 9 heteroatoms. The molecule has 0 saturated carbocycles. The average Bonchev–Trinajstić information content (AvgIpc) is 2.89. The molecule has 4 aromatic rings. The maximum atomic E-state index is 13.7. The van der Waals surface area contributed by atoms with E-state index in [4.69, 9.17) is 4.74 Å². The minimum absolute atomic E-state index is 0.105. The number of rotatable bonds is 9. The minimum atomic E-state index is -3.89. The van der Waals surface area contributed by atoms with Crippen LogP contribution in [0.2, 0.25) is 0 Å². The molecule has 0 aliphatic carbocycles. The third kappa shape index (κ3) is 6.31. The van der Waals surface area contributed by atoms with E-state index in [1.54, 1.807) is 36.4 Å². The summed E-state index contributed by atoms with van der Waals surface area (Å²) in [6.45, 7) is 1.49. The second kappa shape index (κ2) is 11.2. The number of carbonyl (C=O) groups is 1. The van der Waals surface area contributed by atoms with Gasteiger partial charge in [0.05, 0.1) is 17.1 Å². The second-order valence-electron chi connectivity index (χ2n) is 8.24. The average molecular weight is 523 g/mol. The van der Waals surface area contributed by atoms with Crippen LogP contribution in [0.5, 0.6) is 5.75 Å². The fourth-order valence-corrected chi connectivity index (χ4v) is 5.00. The van der Waals surface area contributed by atoms with Crippen LogP contribution in [0.25, 0.3) is 0 Å². The number of amides is 1. The zero-order valence-electron chi connectivity index (χ0n) is 19.9. The molecule has 4 rings (SSSR count). The van der Waals surface area contributed by atoms with Gasteiger partial charge in [-0.05, 0) is 61.0 Å². The maximum absolute atomic E-state index is 13.7. The van der Waals surface area contributed by atoms with Crippen molar-refractivity contribution in [1.29, 1.82) is 0 Å². The lowest BCUT2D eigenvalue weighted by atomic mass is 10.2. The molecule has 0 atom stereocenters. The Labute approximate surface area is 214 Å². The van der Waals surface area contributed by atoms with Crippen LogP contribution in [0.15, 0.2) is 102 Å². The van der Waals surface area contributed by atoms with E-state index in [1.165, 1.54) is 22.5 Å². The van der Waals surface area contributed by atoms with E-state index in [9.17, 15) is 22.0 Å². The number of nitrogens with zero attached hydrogens (tertiary/aromatic N) is 1. The zero-order chi connectivity index (χ0) is 26.4. The Morgan fingerprint density at radius 2 is 1.46 bits per heavy atom. The zero-order valence-corrected chi connectivity index (χ0v) is 20.7. The van der Waals surface area contributed by atoms with Gasteiger partial charge in [0.25, 0.3) is 15.9 Å². The molecule has 1 N–H and O–H groups in total. The van der Waals surface area contributed by atoms with E-state index in [2.05, 4.69) is 5.32 Å². The summed E-state index contributed by atoms with van der Waals surface area (Å²) in [5, 5.41) is 2.15. The molecule has 0 heterocycles. The van der Waals surface area contributed by atoms with Gasteiger partial charge < -0.3 is 10.1 Å². The Hall–Kier alpha value is -4.24. The molecule has 0 unspecified atom stereocenters. The monoisotopic (exact) mass is 522 g/mol. The molecular formula is C28H24F2N2O4S. The molecule has 0 aromatic heterocycles. The lowest BCUT2D eigenvalue weighted by molar-refractivity contribution is -0.118. The SMILES string of the molecule is Cc1ccc(S(=O)(=O)N(Cc2ccccc2)c2ccc(OCC(=O)Nc3c(F)cccc3F)cc2)cc1. The third-order valence-corrected chi connectivity index (χ3v) is 7.29. The standard InChI is InChI=1S/C28H24F2N2O4S/c1-20-10-16-24(17-11-20)37(34,35)32(18-21-6-3-2-4-7-21)22-12-14-23(15-13-22)36-19-27(33)31-28-25(29)8-5-9-26(28)30/h2-17H,18-19H2,1H3,(H,31,33). The Bertz CT molecular complexity index is 1460. The van der Waals surface area contributed by atoms with Crippen molar-refractivity contribution in [2.45, 2.75) is 18.4 Å². The predicted molar refractivity (Wildman–Crippen MR) is 138 cm³/mol. The van der Waals surface area contributed by atoms with E-state index in [1.807, 2.05) is 37.3 Å². The molecule has 0 saturated heterocycles. The highest BCUT2D eigenvalue weighted by Crippen LogP contribution is 2.28. The molecule has 1 amide bonds. The van der Waals surface area contributed by atoms with E-state index in [-0.39, 0.29) is 17.2 Å². The summed E-state index contributed by atoms with van der Waals surface area (Å²) >= 11 is 0. The van der Waals surface area contributed by atoms with Gasteiger partial charge in [-0.3, -0.25) is 9.10 Å². The first-order valence-corrected chi connectivity index (χ1v) is 12.8. The van der Waals surface area contributed by atoms with Crippen molar-refractivity contribution < 1.29 is 26.7 Å². The van der Waals surface area contributed by atoms with Crippen molar-refractivity contribution >= 4 is 27.3 Å². The molecule has 190 valence electrons. The van der Waals surface area contributed by atoms with Gasteiger partial charge in [-0.2, -0.15) is 0 Å². The van der Waals surface area contributed by atoms with Crippen LogP contribution in [0, 0.1) is 18.6 Å². The highest BCUT2D eigenvalue weighted by molar-refractivity contribution is 7.92. The minimum Gasteiger partial charge on any atom is -0.484 e. The van der Waals surface area contributed by atoms with Gasteiger partial charge in [0, 0.05) is 0 Å². The number of anilines is 2. The highest BCUT2D eigenvalue weighted by Gasteiger charge is 2.25. The molecule has 0 fully saturated rings. The lowest BCUT2D eigenvalue weighted by Crippen LogP contribution is -2.30. The van der Waals surface area contributed by atoms with Gasteiger partial charge in [0.2, 0.25) is 0 Å². The van der Waals surface area contributed by atoms with Crippen LogP contribution in [-0.4, -0.2) is 20.9 Å². The number of nitrogens with one attached hydrogen (secondary N) is 1. The largest absolute Gasteiger partial charge is 0.484 e. The maximum Gasteiger partial charge on any atom is 0.264 e. The number of ether oxygens (including phenoxy) is 1. The first-order chi connectivity index (χ1) is 17.7. The summed E-state index contributed by atoms with van der Waals surface area (Å²) < 4.78 is 61.3. The quantitative estimate of drug-likeness (QED) is 0.307. The van der Waals surface area contributed by atoms with Gasteiger partial charge in [0.15, 0.2) is 6.61 Å². The van der Waals surface area contributed by atoms with Crippen LogP contribution < -0.4 is 14.4 Å². The topological polar surface area (TPSA) is 75.7 Å². The smallest absolute Gasteiger partial charge is 0.264 e. The van der Waals surface area contributed by atoms with Crippen molar-refractivity contribution in [3.8, 4) is 5.75 Å². The summed E-state index contributed by atoms with van der Waals surface area (Å²) in [5.74, 6) is -2.27. The van der Waals surface area contributed by atoms with Crippen LogP contribution in [0.4, 0.5) is 20.2 Å². The number of carbonyl (C=O) groups excluding carboxylic acids is 1. The van der Waals surface area contributed by atoms with Crippen molar-refractivity contribution in [3.63, 3.8) is 0 Å². The fourth-order valence-electron chi connectivity index (χ4n) is 3.55. The van der Waals surface area contributed by atoms with E-state index < -0.39 is 39.9 Å². The Morgan fingerprint density at radius 3 is 2.08 bits per heavy atom. The highest BCUT2D eigenvalue weighted by atomic mass is 32.2. The van der Waals surface area contributed by atoms with E-state index in [0.29, 0.717) is 5.69 Å². The van der Waals surface area contributed by atoms with E-state index in [0.717, 1.165) is 23.3 Å². The number of hydrogen-bond acceptors (Lipinski definition) is 4. The molecule has 0 aliphatic heterocycles. The fraction of sp³-hybridized carbons (Fsp3) is 0.107. The van der Waals surface area contributed by atoms with Crippen molar-refractivity contribution in [2.24, 2.45) is 0 Å². The number of halogens is 2. The normalized spacial score (nSPS) is 11.1. The molecule has 0 spiro atoms. The molecule has 0 aliphatic rings. The number of aryl methyl sites for hydroxylation is 1. The van der Waals surface area contributed by atoms with Crippen LogP contribution in [0.3, 0.4) is 0 Å². The third-order valence-electron chi connectivity index (χ3n) is 5.50.